The second-order valence-corrected chi connectivity index (χ2v) is 8.04. The largest absolute Gasteiger partial charge is 0.424 e. The fourth-order valence-electron chi connectivity index (χ4n) is 2.95. The zero-order valence-electron chi connectivity index (χ0n) is 14.7. The quantitative estimate of drug-likeness (QED) is 0.776. The van der Waals surface area contributed by atoms with E-state index in [0.717, 1.165) is 9.21 Å². The van der Waals surface area contributed by atoms with Gasteiger partial charge in [-0.15, -0.1) is 11.3 Å². The van der Waals surface area contributed by atoms with Gasteiger partial charge in [0.1, 0.15) is 6.07 Å². The standard InChI is InChI=1S/C17H20ClN5O2S/c1-12-20-14(9-19)17(25-12)23-7-5-22(6-8-23)16(24)11-21(2)10-13-3-4-15(18)26-13/h3-4H,5-8,10-11H2,1-2H3. The molecule has 26 heavy (non-hydrogen) atoms. The van der Waals surface area contributed by atoms with Gasteiger partial charge in [0.15, 0.2) is 5.89 Å². The highest BCUT2D eigenvalue weighted by atomic mass is 35.5. The van der Waals surface area contributed by atoms with Crippen LogP contribution in [0.25, 0.3) is 0 Å². The van der Waals surface area contributed by atoms with Crippen LogP contribution in [0.2, 0.25) is 4.34 Å². The number of likely N-dealkylation sites (N-methyl/N-ethyl adjacent to an activating group) is 1. The summed E-state index contributed by atoms with van der Waals surface area (Å²) in [5.41, 5.74) is 0.302. The normalized spacial score (nSPS) is 14.7. The van der Waals surface area contributed by atoms with E-state index in [1.54, 1.807) is 6.92 Å². The molecule has 1 aliphatic heterocycles. The summed E-state index contributed by atoms with van der Waals surface area (Å²) in [6, 6.07) is 5.91. The predicted octanol–water partition coefficient (Wildman–Crippen LogP) is 2.35. The van der Waals surface area contributed by atoms with Gasteiger partial charge in [-0.25, -0.2) is 4.98 Å². The van der Waals surface area contributed by atoms with E-state index in [1.807, 2.05) is 33.9 Å². The molecule has 0 radical (unpaired) electrons. The molecule has 138 valence electrons. The number of nitrogens with zero attached hydrogens (tertiary/aromatic N) is 5. The molecule has 0 bridgehead atoms. The number of thiophene rings is 1. The van der Waals surface area contributed by atoms with Crippen molar-refractivity contribution in [2.45, 2.75) is 13.5 Å². The molecule has 1 amide bonds. The molecule has 1 aliphatic rings. The highest BCUT2D eigenvalue weighted by Crippen LogP contribution is 2.23. The fourth-order valence-corrected chi connectivity index (χ4v) is 4.12. The van der Waals surface area contributed by atoms with Crippen molar-refractivity contribution < 1.29 is 9.21 Å². The van der Waals surface area contributed by atoms with Gasteiger partial charge in [0, 0.05) is 44.5 Å². The van der Waals surface area contributed by atoms with E-state index in [0.29, 0.717) is 56.7 Å². The number of hydrogen-bond acceptors (Lipinski definition) is 7. The summed E-state index contributed by atoms with van der Waals surface area (Å²) in [5, 5.41) is 9.15. The van der Waals surface area contributed by atoms with Crippen LogP contribution in [0, 0.1) is 18.3 Å². The van der Waals surface area contributed by atoms with Crippen LogP contribution in [0.4, 0.5) is 5.88 Å². The van der Waals surface area contributed by atoms with E-state index in [2.05, 4.69) is 11.1 Å². The smallest absolute Gasteiger partial charge is 0.236 e. The first-order valence-electron chi connectivity index (χ1n) is 8.29. The van der Waals surface area contributed by atoms with Crippen LogP contribution in [0.15, 0.2) is 16.5 Å². The summed E-state index contributed by atoms with van der Waals surface area (Å²) in [7, 11) is 1.93. The molecule has 1 fully saturated rings. The number of aromatic nitrogens is 1. The van der Waals surface area contributed by atoms with Crippen molar-refractivity contribution >= 4 is 34.7 Å². The Kier molecular flexibility index (Phi) is 5.81. The second kappa shape index (κ2) is 8.08. The molecule has 9 heteroatoms. The van der Waals surface area contributed by atoms with Crippen molar-refractivity contribution in [1.82, 2.24) is 14.8 Å². The van der Waals surface area contributed by atoms with Crippen LogP contribution in [-0.4, -0.2) is 60.5 Å². The Morgan fingerprint density at radius 1 is 1.42 bits per heavy atom. The van der Waals surface area contributed by atoms with Crippen molar-refractivity contribution in [1.29, 1.82) is 5.26 Å². The van der Waals surface area contributed by atoms with E-state index >= 15 is 0 Å². The Balaban J connectivity index is 1.51. The van der Waals surface area contributed by atoms with Crippen molar-refractivity contribution in [2.24, 2.45) is 0 Å². The Morgan fingerprint density at radius 3 is 2.77 bits per heavy atom. The van der Waals surface area contributed by atoms with Gasteiger partial charge < -0.3 is 14.2 Å². The maximum absolute atomic E-state index is 12.5. The van der Waals surface area contributed by atoms with E-state index in [9.17, 15) is 4.79 Å². The average Bonchev–Trinajstić information content (AvgIpc) is 3.20. The molecule has 3 rings (SSSR count). The zero-order valence-corrected chi connectivity index (χ0v) is 16.3. The summed E-state index contributed by atoms with van der Waals surface area (Å²) < 4.78 is 6.30. The van der Waals surface area contributed by atoms with E-state index in [4.69, 9.17) is 21.3 Å². The number of nitriles is 1. The lowest BCUT2D eigenvalue weighted by Gasteiger charge is -2.35. The van der Waals surface area contributed by atoms with E-state index in [-0.39, 0.29) is 5.91 Å². The van der Waals surface area contributed by atoms with Crippen molar-refractivity contribution in [3.8, 4) is 6.07 Å². The zero-order chi connectivity index (χ0) is 18.7. The Morgan fingerprint density at radius 2 is 2.15 bits per heavy atom. The molecular weight excluding hydrogens is 374 g/mol. The molecule has 1 saturated heterocycles. The SMILES string of the molecule is Cc1nc(C#N)c(N2CCN(C(=O)CN(C)Cc3ccc(Cl)s3)CC2)o1. The third kappa shape index (κ3) is 4.36. The maximum Gasteiger partial charge on any atom is 0.236 e. The lowest BCUT2D eigenvalue weighted by atomic mass is 10.3. The summed E-state index contributed by atoms with van der Waals surface area (Å²) in [5.74, 6) is 1.08. The summed E-state index contributed by atoms with van der Waals surface area (Å²) >= 11 is 7.48. The van der Waals surface area contributed by atoms with Gasteiger partial charge in [0.25, 0.3) is 0 Å². The number of halogens is 1. The number of carbonyl (C=O) groups excluding carboxylic acids is 1. The molecule has 0 saturated carbocycles. The molecule has 0 atom stereocenters. The predicted molar refractivity (Wildman–Crippen MR) is 100 cm³/mol. The Labute approximate surface area is 161 Å². The number of anilines is 1. The summed E-state index contributed by atoms with van der Waals surface area (Å²) in [6.07, 6.45) is 0. The minimum Gasteiger partial charge on any atom is -0.424 e. The van der Waals surface area contributed by atoms with Crippen LogP contribution in [0.5, 0.6) is 0 Å². The number of aryl methyl sites for hydroxylation is 1. The van der Waals surface area contributed by atoms with Gasteiger partial charge >= 0.3 is 0 Å². The van der Waals surface area contributed by atoms with Crippen LogP contribution < -0.4 is 4.90 Å². The van der Waals surface area contributed by atoms with Crippen molar-refractivity contribution in [2.75, 3.05) is 44.7 Å². The van der Waals surface area contributed by atoms with Crippen LogP contribution in [-0.2, 0) is 11.3 Å². The molecule has 0 N–H and O–H groups in total. The first kappa shape index (κ1) is 18.7. The minimum atomic E-state index is 0.101. The second-order valence-electron chi connectivity index (χ2n) is 6.24. The van der Waals surface area contributed by atoms with Gasteiger partial charge in [-0.3, -0.25) is 9.69 Å². The highest BCUT2D eigenvalue weighted by molar-refractivity contribution is 7.16. The van der Waals surface area contributed by atoms with Gasteiger partial charge in [-0.1, -0.05) is 11.6 Å². The molecule has 0 aromatic carbocycles. The third-order valence-corrected chi connectivity index (χ3v) is 5.42. The van der Waals surface area contributed by atoms with Gasteiger partial charge in [0.05, 0.1) is 10.9 Å². The first-order valence-corrected chi connectivity index (χ1v) is 9.48. The van der Waals surface area contributed by atoms with Crippen LogP contribution in [0.1, 0.15) is 16.5 Å². The Bertz CT molecular complexity index is 819. The number of rotatable bonds is 5. The molecule has 7 nitrogen and oxygen atoms in total. The third-order valence-electron chi connectivity index (χ3n) is 4.20. The average molecular weight is 394 g/mol. The van der Waals surface area contributed by atoms with Crippen LogP contribution >= 0.6 is 22.9 Å². The highest BCUT2D eigenvalue weighted by Gasteiger charge is 2.26. The number of hydrogen-bond donors (Lipinski definition) is 0. The minimum absolute atomic E-state index is 0.101. The van der Waals surface area contributed by atoms with Gasteiger partial charge in [0.2, 0.25) is 17.5 Å². The molecule has 3 heterocycles. The number of carbonyl (C=O) groups is 1. The van der Waals surface area contributed by atoms with Crippen LogP contribution in [0.3, 0.4) is 0 Å². The lowest BCUT2D eigenvalue weighted by molar-refractivity contribution is -0.132. The lowest BCUT2D eigenvalue weighted by Crippen LogP contribution is -2.51. The monoisotopic (exact) mass is 393 g/mol. The molecule has 0 aliphatic carbocycles. The number of piperazine rings is 1. The number of amides is 1. The molecule has 0 unspecified atom stereocenters. The van der Waals surface area contributed by atoms with Gasteiger partial charge in [-0.05, 0) is 19.2 Å². The maximum atomic E-state index is 12.5. The summed E-state index contributed by atoms with van der Waals surface area (Å²) in [4.78, 5) is 23.6. The first-order chi connectivity index (χ1) is 12.5. The van der Waals surface area contributed by atoms with E-state index < -0.39 is 0 Å². The fraction of sp³-hybridized carbons (Fsp3) is 0.471. The Hall–Kier alpha value is -2.08. The number of oxazole rings is 1. The van der Waals surface area contributed by atoms with Gasteiger partial charge in [-0.2, -0.15) is 5.26 Å². The summed E-state index contributed by atoms with van der Waals surface area (Å²) in [6.45, 7) is 5.23. The molecular formula is C17H20ClN5O2S. The van der Waals surface area contributed by atoms with E-state index in [1.165, 1.54) is 11.3 Å². The van der Waals surface area contributed by atoms with Crippen molar-refractivity contribution in [3.05, 3.63) is 32.9 Å². The molecule has 0 spiro atoms. The van der Waals surface area contributed by atoms with Crippen molar-refractivity contribution in [3.63, 3.8) is 0 Å². The molecule has 2 aromatic rings. The molecule has 2 aromatic heterocycles. The topological polar surface area (TPSA) is 76.6 Å².